The Hall–Kier alpha value is -1.94. The lowest BCUT2D eigenvalue weighted by Crippen LogP contribution is -2.41. The lowest BCUT2D eigenvalue weighted by molar-refractivity contribution is 0.181. The first-order chi connectivity index (χ1) is 13.7. The van der Waals surface area contributed by atoms with Crippen LogP contribution in [0.15, 0.2) is 47.7 Å². The molecule has 1 atom stereocenters. The summed E-state index contributed by atoms with van der Waals surface area (Å²) in [6.45, 7) is 5.71. The van der Waals surface area contributed by atoms with E-state index in [1.807, 2.05) is 20.0 Å². The fourth-order valence-electron chi connectivity index (χ4n) is 3.10. The Kier molecular flexibility index (Phi) is 9.59. The maximum absolute atomic E-state index is 14.4. The summed E-state index contributed by atoms with van der Waals surface area (Å²) in [5.74, 6) is 1.59. The predicted molar refractivity (Wildman–Crippen MR) is 122 cm³/mol. The van der Waals surface area contributed by atoms with Gasteiger partial charge in [-0.3, -0.25) is 4.98 Å². The van der Waals surface area contributed by atoms with E-state index >= 15 is 0 Å². The first-order valence-corrected chi connectivity index (χ1v) is 9.59. The van der Waals surface area contributed by atoms with Gasteiger partial charge in [-0.25, -0.2) is 9.38 Å². The van der Waals surface area contributed by atoms with Crippen molar-refractivity contribution >= 4 is 29.9 Å². The Bertz CT molecular complexity index is 786. The summed E-state index contributed by atoms with van der Waals surface area (Å²) < 4.78 is 25.4. The summed E-state index contributed by atoms with van der Waals surface area (Å²) in [5.41, 5.74) is 0.782. The van der Waals surface area contributed by atoms with Crippen LogP contribution in [0.1, 0.15) is 18.9 Å². The molecule has 8 heteroatoms. The molecule has 2 heterocycles. The molecule has 0 bridgehead atoms. The molecule has 1 aliphatic rings. The Morgan fingerprint density at radius 1 is 1.41 bits per heavy atom. The van der Waals surface area contributed by atoms with E-state index in [1.54, 1.807) is 30.6 Å². The molecule has 1 aliphatic heterocycles. The van der Waals surface area contributed by atoms with Gasteiger partial charge in [0.05, 0.1) is 19.3 Å². The highest BCUT2D eigenvalue weighted by Gasteiger charge is 2.19. The molecule has 0 spiro atoms. The number of rotatable bonds is 7. The second-order valence-electron chi connectivity index (χ2n) is 6.84. The van der Waals surface area contributed by atoms with E-state index in [2.05, 4.69) is 20.2 Å². The summed E-state index contributed by atoms with van der Waals surface area (Å²) in [4.78, 5) is 10.7. The van der Waals surface area contributed by atoms with Gasteiger partial charge in [-0.2, -0.15) is 0 Å². The average molecular weight is 514 g/mol. The van der Waals surface area contributed by atoms with Gasteiger partial charge in [0.15, 0.2) is 17.5 Å². The van der Waals surface area contributed by atoms with Crippen molar-refractivity contribution in [1.29, 1.82) is 0 Å². The number of ether oxygens (including phenoxy) is 2. The van der Waals surface area contributed by atoms with Gasteiger partial charge in [-0.1, -0.05) is 6.07 Å². The van der Waals surface area contributed by atoms with Crippen LogP contribution in [-0.2, 0) is 11.3 Å². The van der Waals surface area contributed by atoms with Crippen LogP contribution in [-0.4, -0.2) is 49.2 Å². The second-order valence-corrected chi connectivity index (χ2v) is 6.84. The Morgan fingerprint density at radius 3 is 2.93 bits per heavy atom. The molecule has 0 saturated carbocycles. The predicted octanol–water partition coefficient (Wildman–Crippen LogP) is 4.06. The molecular weight excluding hydrogens is 486 g/mol. The molecule has 1 unspecified atom stereocenters. The molecule has 158 valence electrons. The highest BCUT2D eigenvalue weighted by atomic mass is 127. The maximum atomic E-state index is 14.4. The summed E-state index contributed by atoms with van der Waals surface area (Å²) >= 11 is 0. The molecule has 1 fully saturated rings. The van der Waals surface area contributed by atoms with Gasteiger partial charge in [0.1, 0.15) is 5.75 Å². The SMILES string of the molecule is CCNC(=NCc1ccc(Oc2cccnc2)c(F)c1)N(C)CC1CCOC1.I. The third kappa shape index (κ3) is 7.11. The van der Waals surface area contributed by atoms with Crippen molar-refractivity contribution in [2.24, 2.45) is 10.9 Å². The highest BCUT2D eigenvalue weighted by molar-refractivity contribution is 14.0. The van der Waals surface area contributed by atoms with E-state index in [9.17, 15) is 4.39 Å². The number of nitrogens with zero attached hydrogens (tertiary/aromatic N) is 3. The van der Waals surface area contributed by atoms with Gasteiger partial charge in [0.25, 0.3) is 0 Å². The summed E-state index contributed by atoms with van der Waals surface area (Å²) in [7, 11) is 2.02. The monoisotopic (exact) mass is 514 g/mol. The van der Waals surface area contributed by atoms with Crippen molar-refractivity contribution in [2.45, 2.75) is 19.9 Å². The van der Waals surface area contributed by atoms with Crippen molar-refractivity contribution in [1.82, 2.24) is 15.2 Å². The molecule has 1 N–H and O–H groups in total. The standard InChI is InChI=1S/C21H27FN4O2.HI/c1-3-24-21(26(2)14-17-8-10-27-15-17)25-12-16-6-7-20(19(22)11-16)28-18-5-4-9-23-13-18;/h4-7,9,11,13,17H,3,8,10,12,14-15H2,1-2H3,(H,24,25);1H. The van der Waals surface area contributed by atoms with Crippen LogP contribution in [0, 0.1) is 11.7 Å². The van der Waals surface area contributed by atoms with E-state index in [4.69, 9.17) is 9.47 Å². The molecule has 6 nitrogen and oxygen atoms in total. The molecule has 1 aromatic heterocycles. The van der Waals surface area contributed by atoms with E-state index in [1.165, 1.54) is 6.07 Å². The summed E-state index contributed by atoms with van der Waals surface area (Å²) in [5, 5.41) is 3.29. The Labute approximate surface area is 188 Å². The fourth-order valence-corrected chi connectivity index (χ4v) is 3.10. The van der Waals surface area contributed by atoms with Crippen LogP contribution in [0.2, 0.25) is 0 Å². The molecule has 29 heavy (non-hydrogen) atoms. The second kappa shape index (κ2) is 11.9. The molecule has 0 radical (unpaired) electrons. The van der Waals surface area contributed by atoms with E-state index < -0.39 is 5.82 Å². The van der Waals surface area contributed by atoms with Crippen LogP contribution < -0.4 is 10.1 Å². The molecule has 2 aromatic rings. The molecule has 3 rings (SSSR count). The minimum atomic E-state index is -0.419. The van der Waals surface area contributed by atoms with Gasteiger partial charge in [-0.05, 0) is 43.2 Å². The first kappa shape index (κ1) is 23.3. The number of aromatic nitrogens is 1. The lowest BCUT2D eigenvalue weighted by atomic mass is 10.1. The van der Waals surface area contributed by atoms with Crippen molar-refractivity contribution in [3.63, 3.8) is 0 Å². The number of nitrogens with one attached hydrogen (secondary N) is 1. The number of hydrogen-bond acceptors (Lipinski definition) is 4. The molecule has 0 aliphatic carbocycles. The first-order valence-electron chi connectivity index (χ1n) is 9.59. The molecule has 1 aromatic carbocycles. The number of guanidine groups is 1. The highest BCUT2D eigenvalue weighted by Crippen LogP contribution is 2.24. The molecule has 0 amide bonds. The van der Waals surface area contributed by atoms with E-state index in [0.29, 0.717) is 18.2 Å². The minimum absolute atomic E-state index is 0. The zero-order valence-electron chi connectivity index (χ0n) is 16.8. The molecule has 1 saturated heterocycles. The van der Waals surface area contributed by atoms with Crippen molar-refractivity contribution in [3.05, 3.63) is 54.1 Å². The smallest absolute Gasteiger partial charge is 0.193 e. The summed E-state index contributed by atoms with van der Waals surface area (Å²) in [6.07, 6.45) is 4.27. The third-order valence-corrected chi connectivity index (χ3v) is 4.52. The maximum Gasteiger partial charge on any atom is 0.193 e. The quantitative estimate of drug-likeness (QED) is 0.343. The zero-order chi connectivity index (χ0) is 19.8. The number of halogens is 2. The number of benzene rings is 1. The van der Waals surface area contributed by atoms with Gasteiger partial charge in [0.2, 0.25) is 0 Å². The average Bonchev–Trinajstić information content (AvgIpc) is 3.21. The van der Waals surface area contributed by atoms with Crippen LogP contribution >= 0.6 is 24.0 Å². The molecular formula is C21H28FIN4O2. The van der Waals surface area contributed by atoms with Gasteiger partial charge in [-0.15, -0.1) is 24.0 Å². The van der Waals surface area contributed by atoms with Crippen LogP contribution in [0.5, 0.6) is 11.5 Å². The van der Waals surface area contributed by atoms with Gasteiger partial charge >= 0.3 is 0 Å². The Morgan fingerprint density at radius 2 is 2.28 bits per heavy atom. The van der Waals surface area contributed by atoms with E-state index in [-0.39, 0.29) is 29.7 Å². The van der Waals surface area contributed by atoms with Crippen LogP contribution in [0.4, 0.5) is 4.39 Å². The number of hydrogen-bond donors (Lipinski definition) is 1. The van der Waals surface area contributed by atoms with Crippen molar-refractivity contribution < 1.29 is 13.9 Å². The van der Waals surface area contributed by atoms with Crippen molar-refractivity contribution in [3.8, 4) is 11.5 Å². The Balaban J connectivity index is 0.00000300. The fraction of sp³-hybridized carbons (Fsp3) is 0.429. The number of aliphatic imine (C=N–C) groups is 1. The zero-order valence-corrected chi connectivity index (χ0v) is 19.1. The van der Waals surface area contributed by atoms with Crippen molar-refractivity contribution in [2.75, 3.05) is 33.4 Å². The normalized spacial score (nSPS) is 16.2. The van der Waals surface area contributed by atoms with Gasteiger partial charge in [0, 0.05) is 38.9 Å². The lowest BCUT2D eigenvalue weighted by Gasteiger charge is -2.24. The minimum Gasteiger partial charge on any atom is -0.453 e. The number of pyridine rings is 1. The van der Waals surface area contributed by atoms with E-state index in [0.717, 1.165) is 44.2 Å². The van der Waals surface area contributed by atoms with Crippen LogP contribution in [0.3, 0.4) is 0 Å². The topological polar surface area (TPSA) is 59.0 Å². The van der Waals surface area contributed by atoms with Crippen LogP contribution in [0.25, 0.3) is 0 Å². The summed E-state index contributed by atoms with van der Waals surface area (Å²) in [6, 6.07) is 8.39. The van der Waals surface area contributed by atoms with Gasteiger partial charge < -0.3 is 19.7 Å². The largest absolute Gasteiger partial charge is 0.453 e. The third-order valence-electron chi connectivity index (χ3n) is 4.52.